The molecule has 21 heavy (non-hydrogen) atoms. The van der Waals surface area contributed by atoms with Gasteiger partial charge in [0.25, 0.3) is 0 Å². The second-order valence-electron chi connectivity index (χ2n) is 4.87. The van der Waals surface area contributed by atoms with Crippen molar-refractivity contribution in [1.29, 1.82) is 0 Å². The van der Waals surface area contributed by atoms with Gasteiger partial charge in [-0.15, -0.1) is 5.10 Å². The van der Waals surface area contributed by atoms with Crippen molar-refractivity contribution in [3.05, 3.63) is 47.7 Å². The highest BCUT2D eigenvalue weighted by atomic mass is 16.5. The van der Waals surface area contributed by atoms with Crippen LogP contribution in [0, 0.1) is 0 Å². The van der Waals surface area contributed by atoms with Crippen LogP contribution in [0.1, 0.15) is 18.2 Å². The minimum absolute atomic E-state index is 0.753. The largest absolute Gasteiger partial charge is 0.497 e. The Balaban J connectivity index is 2.00. The van der Waals surface area contributed by atoms with Gasteiger partial charge in [0.15, 0.2) is 5.82 Å². The molecule has 0 amide bonds. The van der Waals surface area contributed by atoms with E-state index >= 15 is 0 Å². The molecule has 5 heteroatoms. The topological polar surface area (TPSA) is 50.3 Å². The van der Waals surface area contributed by atoms with Crippen LogP contribution in [0.4, 0.5) is 5.82 Å². The lowest BCUT2D eigenvalue weighted by Gasteiger charge is -2.18. The molecule has 1 aromatic heterocycles. The summed E-state index contributed by atoms with van der Waals surface area (Å²) in [6.45, 7) is 4.52. The first-order chi connectivity index (χ1) is 10.2. The van der Waals surface area contributed by atoms with Gasteiger partial charge in [-0.05, 0) is 36.4 Å². The summed E-state index contributed by atoms with van der Waals surface area (Å²) in [4.78, 5) is 2.07. The number of hydrogen-bond donors (Lipinski definition) is 1. The molecule has 0 aliphatic carbocycles. The van der Waals surface area contributed by atoms with Crippen LogP contribution in [0.25, 0.3) is 0 Å². The predicted molar refractivity (Wildman–Crippen MR) is 84.5 cm³/mol. The van der Waals surface area contributed by atoms with Gasteiger partial charge in [-0.3, -0.25) is 0 Å². The van der Waals surface area contributed by atoms with E-state index in [4.69, 9.17) is 4.74 Å². The van der Waals surface area contributed by atoms with Crippen LogP contribution in [0.5, 0.6) is 5.75 Å². The Morgan fingerprint density at radius 2 is 2.05 bits per heavy atom. The van der Waals surface area contributed by atoms with Crippen molar-refractivity contribution in [1.82, 2.24) is 15.5 Å². The summed E-state index contributed by atoms with van der Waals surface area (Å²) in [5.41, 5.74) is 2.13. The quantitative estimate of drug-likeness (QED) is 0.846. The van der Waals surface area contributed by atoms with Crippen molar-refractivity contribution in [2.45, 2.75) is 20.0 Å². The van der Waals surface area contributed by atoms with Gasteiger partial charge in [-0.2, -0.15) is 5.10 Å². The molecule has 0 atom stereocenters. The van der Waals surface area contributed by atoms with E-state index in [0.29, 0.717) is 0 Å². The maximum Gasteiger partial charge on any atom is 0.151 e. The lowest BCUT2D eigenvalue weighted by molar-refractivity contribution is 0.414. The number of benzene rings is 1. The van der Waals surface area contributed by atoms with Crippen molar-refractivity contribution >= 4 is 5.82 Å². The fraction of sp³-hybridized carbons (Fsp3) is 0.375. The third-order valence-electron chi connectivity index (χ3n) is 3.21. The van der Waals surface area contributed by atoms with Gasteiger partial charge >= 0.3 is 0 Å². The Hall–Kier alpha value is -2.14. The third-order valence-corrected chi connectivity index (χ3v) is 3.21. The summed E-state index contributed by atoms with van der Waals surface area (Å²) in [7, 11) is 3.69. The fourth-order valence-electron chi connectivity index (χ4n) is 2.03. The highest BCUT2D eigenvalue weighted by Crippen LogP contribution is 2.16. The number of rotatable bonds is 7. The number of anilines is 1. The molecule has 0 radical (unpaired) electrons. The summed E-state index contributed by atoms with van der Waals surface area (Å²) in [5, 5.41) is 11.7. The zero-order valence-electron chi connectivity index (χ0n) is 12.8. The molecule has 0 saturated carbocycles. The monoisotopic (exact) mass is 286 g/mol. The average molecular weight is 286 g/mol. The number of nitrogens with one attached hydrogen (secondary N) is 1. The summed E-state index contributed by atoms with van der Waals surface area (Å²) >= 11 is 0. The van der Waals surface area contributed by atoms with Crippen molar-refractivity contribution in [3.8, 4) is 5.75 Å². The van der Waals surface area contributed by atoms with E-state index in [1.807, 2.05) is 37.4 Å². The molecular formula is C16H22N4O. The molecule has 1 N–H and O–H groups in total. The highest BCUT2D eigenvalue weighted by Gasteiger charge is 2.05. The molecule has 0 spiro atoms. The molecule has 0 unspecified atom stereocenters. The van der Waals surface area contributed by atoms with E-state index in [1.54, 1.807) is 7.11 Å². The average Bonchev–Trinajstić information content (AvgIpc) is 2.53. The Morgan fingerprint density at radius 1 is 1.19 bits per heavy atom. The number of ether oxygens (including phenoxy) is 1. The molecule has 0 fully saturated rings. The summed E-state index contributed by atoms with van der Waals surface area (Å²) in [5.74, 6) is 1.73. The molecule has 1 heterocycles. The molecule has 112 valence electrons. The van der Waals surface area contributed by atoms with Gasteiger partial charge in [0.2, 0.25) is 0 Å². The van der Waals surface area contributed by atoms with Crippen LogP contribution >= 0.6 is 0 Å². The first-order valence-corrected chi connectivity index (χ1v) is 7.10. The zero-order chi connectivity index (χ0) is 15.1. The van der Waals surface area contributed by atoms with Crippen molar-refractivity contribution in [2.75, 3.05) is 25.6 Å². The molecule has 2 rings (SSSR count). The molecule has 0 bridgehead atoms. The van der Waals surface area contributed by atoms with E-state index in [-0.39, 0.29) is 0 Å². The number of nitrogens with zero attached hydrogens (tertiary/aromatic N) is 3. The van der Waals surface area contributed by atoms with Crippen molar-refractivity contribution in [3.63, 3.8) is 0 Å². The summed E-state index contributed by atoms with van der Waals surface area (Å²) in [6, 6.07) is 12.0. The van der Waals surface area contributed by atoms with Gasteiger partial charge in [0.1, 0.15) is 5.75 Å². The molecule has 0 saturated heterocycles. The van der Waals surface area contributed by atoms with Crippen molar-refractivity contribution < 1.29 is 4.74 Å². The fourth-order valence-corrected chi connectivity index (χ4v) is 2.03. The standard InChI is InChI=1S/C16H22N4O/c1-4-17-11-14-8-9-16(19-18-14)20(2)12-13-6-5-7-15(10-13)21-3/h5-10,17H,4,11-12H2,1-3H3. The second-order valence-corrected chi connectivity index (χ2v) is 4.87. The molecule has 0 aliphatic heterocycles. The van der Waals surface area contributed by atoms with E-state index in [1.165, 1.54) is 5.56 Å². The zero-order valence-corrected chi connectivity index (χ0v) is 12.8. The molecule has 0 aliphatic rings. The minimum Gasteiger partial charge on any atom is -0.497 e. The smallest absolute Gasteiger partial charge is 0.151 e. The van der Waals surface area contributed by atoms with Gasteiger partial charge in [0.05, 0.1) is 12.8 Å². The van der Waals surface area contributed by atoms with Crippen LogP contribution in [-0.4, -0.2) is 30.9 Å². The lowest BCUT2D eigenvalue weighted by atomic mass is 10.2. The molecule has 5 nitrogen and oxygen atoms in total. The normalized spacial score (nSPS) is 10.4. The predicted octanol–water partition coefficient (Wildman–Crippen LogP) is 2.23. The van der Waals surface area contributed by atoms with Gasteiger partial charge in [-0.25, -0.2) is 0 Å². The van der Waals surface area contributed by atoms with Gasteiger partial charge < -0.3 is 15.0 Å². The van der Waals surface area contributed by atoms with Crippen LogP contribution in [-0.2, 0) is 13.1 Å². The highest BCUT2D eigenvalue weighted by molar-refractivity contribution is 5.39. The Bertz CT molecular complexity index is 556. The first-order valence-electron chi connectivity index (χ1n) is 7.10. The van der Waals surface area contributed by atoms with Crippen molar-refractivity contribution in [2.24, 2.45) is 0 Å². The number of hydrogen-bond acceptors (Lipinski definition) is 5. The minimum atomic E-state index is 0.753. The maximum atomic E-state index is 5.24. The third kappa shape index (κ3) is 4.43. The van der Waals surface area contributed by atoms with Crippen LogP contribution in [0.3, 0.4) is 0 Å². The SMILES string of the molecule is CCNCc1ccc(N(C)Cc2cccc(OC)c2)nn1. The van der Waals surface area contributed by atoms with Crippen LogP contribution < -0.4 is 15.0 Å². The van der Waals surface area contributed by atoms with Crippen LogP contribution in [0.15, 0.2) is 36.4 Å². The maximum absolute atomic E-state index is 5.24. The summed E-state index contributed by atoms with van der Waals surface area (Å²) < 4.78 is 5.24. The first kappa shape index (κ1) is 15.3. The Labute approximate surface area is 126 Å². The molecule has 1 aromatic carbocycles. The van der Waals surface area contributed by atoms with E-state index < -0.39 is 0 Å². The lowest BCUT2D eigenvalue weighted by Crippen LogP contribution is -2.19. The van der Waals surface area contributed by atoms with E-state index in [2.05, 4.69) is 33.4 Å². The summed E-state index contributed by atoms with van der Waals surface area (Å²) in [6.07, 6.45) is 0. The number of aromatic nitrogens is 2. The molecule has 2 aromatic rings. The second kappa shape index (κ2) is 7.59. The van der Waals surface area contributed by atoms with Crippen LogP contribution in [0.2, 0.25) is 0 Å². The van der Waals surface area contributed by atoms with Gasteiger partial charge in [0, 0.05) is 20.1 Å². The van der Waals surface area contributed by atoms with E-state index in [0.717, 1.165) is 36.9 Å². The molecular weight excluding hydrogens is 264 g/mol. The Kier molecular flexibility index (Phi) is 5.51. The number of methoxy groups -OCH3 is 1. The van der Waals surface area contributed by atoms with E-state index in [9.17, 15) is 0 Å². The van der Waals surface area contributed by atoms with Gasteiger partial charge in [-0.1, -0.05) is 19.1 Å². The Morgan fingerprint density at radius 3 is 2.71 bits per heavy atom.